The standard InChI is InChI=1S/C13H13N3O3/c1-8(12(17)18)15-13(19)16-11-4-2-3-9-5-6-14-7-10(9)11/h2-8H,1H3,(H,17,18)(H2,15,16,19). The summed E-state index contributed by atoms with van der Waals surface area (Å²) >= 11 is 0. The average molecular weight is 259 g/mol. The normalized spacial score (nSPS) is 11.8. The maximum atomic E-state index is 11.7. The number of fused-ring (bicyclic) bond motifs is 1. The molecule has 0 spiro atoms. The molecule has 0 saturated carbocycles. The van der Waals surface area contributed by atoms with E-state index in [2.05, 4.69) is 15.6 Å². The van der Waals surface area contributed by atoms with Crippen LogP contribution in [0.4, 0.5) is 10.5 Å². The minimum Gasteiger partial charge on any atom is -0.480 e. The summed E-state index contributed by atoms with van der Waals surface area (Å²) in [6.07, 6.45) is 3.31. The minimum absolute atomic E-state index is 0.564. The van der Waals surface area contributed by atoms with Gasteiger partial charge >= 0.3 is 12.0 Å². The van der Waals surface area contributed by atoms with E-state index in [0.717, 1.165) is 10.8 Å². The van der Waals surface area contributed by atoms with Crippen molar-refractivity contribution >= 4 is 28.5 Å². The van der Waals surface area contributed by atoms with E-state index in [4.69, 9.17) is 5.11 Å². The lowest BCUT2D eigenvalue weighted by Gasteiger charge is -2.12. The lowest BCUT2D eigenvalue weighted by atomic mass is 10.1. The third-order valence-electron chi connectivity index (χ3n) is 2.65. The average Bonchev–Trinajstić information content (AvgIpc) is 2.39. The van der Waals surface area contributed by atoms with Gasteiger partial charge in [0.05, 0.1) is 5.69 Å². The number of pyridine rings is 1. The van der Waals surface area contributed by atoms with E-state index in [9.17, 15) is 9.59 Å². The molecule has 0 aliphatic heterocycles. The smallest absolute Gasteiger partial charge is 0.325 e. The highest BCUT2D eigenvalue weighted by Crippen LogP contribution is 2.21. The van der Waals surface area contributed by atoms with Crippen LogP contribution in [0.25, 0.3) is 10.8 Å². The summed E-state index contributed by atoms with van der Waals surface area (Å²) in [5.41, 5.74) is 0.584. The van der Waals surface area contributed by atoms with Crippen LogP contribution >= 0.6 is 0 Å². The molecule has 1 aromatic carbocycles. The van der Waals surface area contributed by atoms with Gasteiger partial charge in [-0.05, 0) is 24.4 Å². The molecule has 19 heavy (non-hydrogen) atoms. The molecule has 1 heterocycles. The second kappa shape index (κ2) is 5.34. The summed E-state index contributed by atoms with van der Waals surface area (Å²) in [4.78, 5) is 26.3. The van der Waals surface area contributed by atoms with Crippen molar-refractivity contribution in [3.05, 3.63) is 36.7 Å². The highest BCUT2D eigenvalue weighted by atomic mass is 16.4. The number of amides is 2. The van der Waals surface area contributed by atoms with Crippen LogP contribution in [-0.2, 0) is 4.79 Å². The summed E-state index contributed by atoms with van der Waals surface area (Å²) < 4.78 is 0. The first kappa shape index (κ1) is 12.8. The maximum Gasteiger partial charge on any atom is 0.325 e. The third-order valence-corrected chi connectivity index (χ3v) is 2.65. The lowest BCUT2D eigenvalue weighted by Crippen LogP contribution is -2.40. The summed E-state index contributed by atoms with van der Waals surface area (Å²) in [6.45, 7) is 1.40. The van der Waals surface area contributed by atoms with Crippen LogP contribution in [-0.4, -0.2) is 28.1 Å². The molecule has 2 amide bonds. The molecule has 1 atom stereocenters. The number of carbonyl (C=O) groups excluding carboxylic acids is 1. The predicted molar refractivity (Wildman–Crippen MR) is 71.0 cm³/mol. The number of benzene rings is 1. The monoisotopic (exact) mass is 259 g/mol. The SMILES string of the molecule is CC(NC(=O)Nc1cccc2ccncc12)C(=O)O. The van der Waals surface area contributed by atoms with E-state index in [1.165, 1.54) is 6.92 Å². The molecule has 6 heteroatoms. The van der Waals surface area contributed by atoms with Crippen molar-refractivity contribution in [2.45, 2.75) is 13.0 Å². The number of aliphatic carboxylic acids is 1. The molecule has 0 saturated heterocycles. The summed E-state index contributed by atoms with van der Waals surface area (Å²) in [5.74, 6) is -1.09. The number of hydrogen-bond acceptors (Lipinski definition) is 3. The first-order valence-corrected chi connectivity index (χ1v) is 5.71. The van der Waals surface area contributed by atoms with Crippen molar-refractivity contribution in [2.75, 3.05) is 5.32 Å². The van der Waals surface area contributed by atoms with Crippen molar-refractivity contribution in [2.24, 2.45) is 0 Å². The van der Waals surface area contributed by atoms with Crippen LogP contribution in [0.1, 0.15) is 6.92 Å². The predicted octanol–water partition coefficient (Wildman–Crippen LogP) is 1.83. The zero-order valence-electron chi connectivity index (χ0n) is 10.3. The first-order valence-electron chi connectivity index (χ1n) is 5.71. The van der Waals surface area contributed by atoms with Gasteiger partial charge in [-0.2, -0.15) is 0 Å². The zero-order chi connectivity index (χ0) is 13.8. The van der Waals surface area contributed by atoms with Gasteiger partial charge < -0.3 is 15.7 Å². The fourth-order valence-corrected chi connectivity index (χ4v) is 1.64. The molecule has 98 valence electrons. The second-order valence-corrected chi connectivity index (χ2v) is 4.06. The summed E-state index contributed by atoms with van der Waals surface area (Å²) in [7, 11) is 0. The van der Waals surface area contributed by atoms with Gasteiger partial charge in [-0.1, -0.05) is 12.1 Å². The van der Waals surface area contributed by atoms with Crippen LogP contribution in [0.5, 0.6) is 0 Å². The van der Waals surface area contributed by atoms with Crippen molar-refractivity contribution < 1.29 is 14.7 Å². The number of aromatic nitrogens is 1. The fourth-order valence-electron chi connectivity index (χ4n) is 1.64. The minimum atomic E-state index is -1.09. The lowest BCUT2D eigenvalue weighted by molar-refractivity contribution is -0.138. The number of carbonyl (C=O) groups is 2. The van der Waals surface area contributed by atoms with Crippen LogP contribution in [0.2, 0.25) is 0 Å². The Morgan fingerprint density at radius 1 is 1.32 bits per heavy atom. The number of rotatable bonds is 3. The van der Waals surface area contributed by atoms with Crippen LogP contribution < -0.4 is 10.6 Å². The Morgan fingerprint density at radius 2 is 2.11 bits per heavy atom. The Morgan fingerprint density at radius 3 is 2.84 bits per heavy atom. The van der Waals surface area contributed by atoms with Crippen molar-refractivity contribution in [1.82, 2.24) is 10.3 Å². The van der Waals surface area contributed by atoms with E-state index in [0.29, 0.717) is 5.69 Å². The van der Waals surface area contributed by atoms with Crippen LogP contribution in [0, 0.1) is 0 Å². The number of anilines is 1. The Labute approximate surface area is 109 Å². The largest absolute Gasteiger partial charge is 0.480 e. The number of nitrogens with one attached hydrogen (secondary N) is 2. The number of nitrogens with zero attached hydrogens (tertiary/aromatic N) is 1. The van der Waals surface area contributed by atoms with Gasteiger partial charge in [-0.15, -0.1) is 0 Å². The van der Waals surface area contributed by atoms with E-state index < -0.39 is 18.0 Å². The Hall–Kier alpha value is -2.63. The maximum absolute atomic E-state index is 11.7. The van der Waals surface area contributed by atoms with E-state index in [-0.39, 0.29) is 0 Å². The summed E-state index contributed by atoms with van der Waals surface area (Å²) in [6, 6.07) is 5.76. The molecule has 2 rings (SSSR count). The molecule has 3 N–H and O–H groups in total. The van der Waals surface area contributed by atoms with Gasteiger partial charge in [0.1, 0.15) is 6.04 Å². The molecule has 0 aliphatic rings. The Bertz CT molecular complexity index is 622. The second-order valence-electron chi connectivity index (χ2n) is 4.06. The molecule has 0 bridgehead atoms. The number of carboxylic acids is 1. The topological polar surface area (TPSA) is 91.3 Å². The number of carboxylic acid groups (broad SMARTS) is 1. The quantitative estimate of drug-likeness (QED) is 0.784. The van der Waals surface area contributed by atoms with E-state index in [1.54, 1.807) is 24.5 Å². The van der Waals surface area contributed by atoms with Crippen molar-refractivity contribution in [3.8, 4) is 0 Å². The van der Waals surface area contributed by atoms with Gasteiger partial charge in [0.2, 0.25) is 0 Å². The van der Waals surface area contributed by atoms with Crippen LogP contribution in [0.15, 0.2) is 36.7 Å². The van der Waals surface area contributed by atoms with Gasteiger partial charge in [0.25, 0.3) is 0 Å². The zero-order valence-corrected chi connectivity index (χ0v) is 10.3. The van der Waals surface area contributed by atoms with Crippen molar-refractivity contribution in [3.63, 3.8) is 0 Å². The molecule has 0 aliphatic carbocycles. The highest BCUT2D eigenvalue weighted by molar-refractivity contribution is 6.01. The molecule has 0 fully saturated rings. The first-order chi connectivity index (χ1) is 9.08. The van der Waals surface area contributed by atoms with Gasteiger partial charge in [0.15, 0.2) is 0 Å². The molecular formula is C13H13N3O3. The number of urea groups is 1. The fraction of sp³-hybridized carbons (Fsp3) is 0.154. The van der Waals surface area contributed by atoms with Gasteiger partial charge in [-0.3, -0.25) is 9.78 Å². The van der Waals surface area contributed by atoms with Crippen molar-refractivity contribution in [1.29, 1.82) is 0 Å². The van der Waals surface area contributed by atoms with E-state index >= 15 is 0 Å². The van der Waals surface area contributed by atoms with Crippen LogP contribution in [0.3, 0.4) is 0 Å². The molecule has 2 aromatic rings. The Kier molecular flexibility index (Phi) is 3.61. The van der Waals surface area contributed by atoms with E-state index in [1.807, 2.05) is 12.1 Å². The van der Waals surface area contributed by atoms with Gasteiger partial charge in [-0.25, -0.2) is 4.79 Å². The number of hydrogen-bond donors (Lipinski definition) is 3. The Balaban J connectivity index is 2.17. The molecular weight excluding hydrogens is 246 g/mol. The summed E-state index contributed by atoms with van der Waals surface area (Å²) in [5, 5.41) is 15.4. The van der Waals surface area contributed by atoms with Gasteiger partial charge in [0, 0.05) is 17.8 Å². The molecule has 1 aromatic heterocycles. The molecule has 0 radical (unpaired) electrons. The third kappa shape index (κ3) is 2.98. The highest BCUT2D eigenvalue weighted by Gasteiger charge is 2.14. The molecule has 6 nitrogen and oxygen atoms in total. The molecule has 1 unspecified atom stereocenters.